The third kappa shape index (κ3) is 4.36. The molecule has 29 heavy (non-hydrogen) atoms. The molecular formula is C17H23N7O5. The molecule has 5 N–H and O–H groups in total. The van der Waals surface area contributed by atoms with Crippen LogP contribution < -0.4 is 16.4 Å². The third-order valence-corrected chi connectivity index (χ3v) is 5.13. The summed E-state index contributed by atoms with van der Waals surface area (Å²) in [4.78, 5) is 70.1. The van der Waals surface area contributed by atoms with E-state index in [1.807, 2.05) is 0 Å². The Balaban J connectivity index is 1.76. The van der Waals surface area contributed by atoms with Gasteiger partial charge in [0.15, 0.2) is 0 Å². The molecule has 3 atom stereocenters. The van der Waals surface area contributed by atoms with Gasteiger partial charge in [-0.15, -0.1) is 0 Å². The molecule has 3 rings (SSSR count). The van der Waals surface area contributed by atoms with Gasteiger partial charge < -0.3 is 26.3 Å². The van der Waals surface area contributed by atoms with Crippen LogP contribution in [0, 0.1) is 0 Å². The average molecular weight is 405 g/mol. The van der Waals surface area contributed by atoms with Gasteiger partial charge in [-0.3, -0.25) is 24.1 Å². The van der Waals surface area contributed by atoms with Crippen molar-refractivity contribution in [3.8, 4) is 0 Å². The maximum atomic E-state index is 13.1. The Morgan fingerprint density at radius 3 is 2.76 bits per heavy atom. The predicted molar refractivity (Wildman–Crippen MR) is 97.9 cm³/mol. The number of aromatic nitrogens is 2. The van der Waals surface area contributed by atoms with E-state index >= 15 is 0 Å². The summed E-state index contributed by atoms with van der Waals surface area (Å²) in [5, 5.41) is 5.03. The number of urea groups is 1. The summed E-state index contributed by atoms with van der Waals surface area (Å²) in [5.74, 6) is -2.22. The first kappa shape index (κ1) is 20.3. The molecule has 3 heterocycles. The van der Waals surface area contributed by atoms with Crippen LogP contribution in [0.2, 0.25) is 0 Å². The number of aromatic amines is 1. The van der Waals surface area contributed by atoms with Crippen LogP contribution in [0.25, 0.3) is 0 Å². The second-order valence-corrected chi connectivity index (χ2v) is 7.09. The number of rotatable bonds is 6. The van der Waals surface area contributed by atoms with E-state index in [1.54, 1.807) is 0 Å². The zero-order valence-corrected chi connectivity index (χ0v) is 15.9. The Labute approximate surface area is 166 Å². The van der Waals surface area contributed by atoms with Gasteiger partial charge >= 0.3 is 6.03 Å². The average Bonchev–Trinajstić information content (AvgIpc) is 3.36. The van der Waals surface area contributed by atoms with E-state index in [0.717, 1.165) is 4.90 Å². The monoisotopic (exact) mass is 405 g/mol. The molecule has 12 nitrogen and oxygen atoms in total. The summed E-state index contributed by atoms with van der Waals surface area (Å²) in [5.41, 5.74) is 6.00. The van der Waals surface area contributed by atoms with Crippen molar-refractivity contribution in [2.75, 3.05) is 13.6 Å². The minimum atomic E-state index is -1.09. The van der Waals surface area contributed by atoms with Crippen LogP contribution in [-0.2, 0) is 25.6 Å². The van der Waals surface area contributed by atoms with Gasteiger partial charge in [-0.2, -0.15) is 0 Å². The number of hydrogen-bond donors (Lipinski definition) is 4. The number of nitrogens with zero attached hydrogens (tertiary/aromatic N) is 3. The number of carbonyl (C=O) groups is 5. The van der Waals surface area contributed by atoms with Crippen molar-refractivity contribution in [2.24, 2.45) is 5.73 Å². The zero-order chi connectivity index (χ0) is 21.1. The lowest BCUT2D eigenvalue weighted by Crippen LogP contribution is -2.61. The standard InChI is InChI=1S/C17H23N7O5/c1-23-13(25)6-10(22-17(23)29)15(27)21-11(5-9-7-19-8-20-9)16(28)24-4-2-3-12(24)14(18)26/h7-8,10-12H,2-6H2,1H3,(H2,18,26)(H,19,20)(H,21,27)(H,22,29)/t10-,11-,12+/m0/s1. The fourth-order valence-corrected chi connectivity index (χ4v) is 3.50. The Bertz CT molecular complexity index is 806. The van der Waals surface area contributed by atoms with Gasteiger partial charge in [0.2, 0.25) is 23.6 Å². The van der Waals surface area contributed by atoms with Crippen molar-refractivity contribution < 1.29 is 24.0 Å². The molecular weight excluding hydrogens is 382 g/mol. The Hall–Kier alpha value is -3.44. The molecule has 2 saturated heterocycles. The molecule has 2 fully saturated rings. The highest BCUT2D eigenvalue weighted by molar-refractivity contribution is 6.03. The van der Waals surface area contributed by atoms with Gasteiger partial charge in [-0.25, -0.2) is 9.78 Å². The molecule has 6 amide bonds. The van der Waals surface area contributed by atoms with E-state index in [4.69, 9.17) is 5.73 Å². The number of nitrogens with one attached hydrogen (secondary N) is 3. The first-order valence-corrected chi connectivity index (χ1v) is 9.22. The lowest BCUT2D eigenvalue weighted by atomic mass is 10.1. The lowest BCUT2D eigenvalue weighted by Gasteiger charge is -2.31. The fourth-order valence-electron chi connectivity index (χ4n) is 3.50. The SMILES string of the molecule is CN1C(=O)C[C@@H](C(=O)N[C@@H](Cc2cnc[nH]2)C(=O)N2CCC[C@@H]2C(N)=O)NC1=O. The highest BCUT2D eigenvalue weighted by Crippen LogP contribution is 2.19. The van der Waals surface area contributed by atoms with Crippen molar-refractivity contribution in [1.29, 1.82) is 0 Å². The zero-order valence-electron chi connectivity index (χ0n) is 15.9. The fraction of sp³-hybridized carbons (Fsp3) is 0.529. The molecule has 0 aromatic carbocycles. The molecule has 0 bridgehead atoms. The number of imidazole rings is 1. The van der Waals surface area contributed by atoms with Crippen LogP contribution >= 0.6 is 0 Å². The number of H-pyrrole nitrogens is 1. The van der Waals surface area contributed by atoms with Crippen molar-refractivity contribution in [3.05, 3.63) is 18.2 Å². The lowest BCUT2D eigenvalue weighted by molar-refractivity contribution is -0.141. The predicted octanol–water partition coefficient (Wildman–Crippen LogP) is -2.15. The smallest absolute Gasteiger partial charge is 0.324 e. The topological polar surface area (TPSA) is 171 Å². The van der Waals surface area contributed by atoms with E-state index in [0.29, 0.717) is 25.1 Å². The molecule has 0 aliphatic carbocycles. The number of imide groups is 1. The molecule has 1 aromatic heterocycles. The highest BCUT2D eigenvalue weighted by atomic mass is 16.2. The summed E-state index contributed by atoms with van der Waals surface area (Å²) in [6.07, 6.45) is 3.93. The van der Waals surface area contributed by atoms with Crippen LogP contribution in [0.4, 0.5) is 4.79 Å². The number of nitrogens with two attached hydrogens (primary N) is 1. The molecule has 0 saturated carbocycles. The molecule has 2 aliphatic heterocycles. The summed E-state index contributed by atoms with van der Waals surface area (Å²) in [6.45, 7) is 0.352. The Morgan fingerprint density at radius 2 is 2.14 bits per heavy atom. The maximum Gasteiger partial charge on any atom is 0.324 e. The van der Waals surface area contributed by atoms with E-state index in [1.165, 1.54) is 24.5 Å². The molecule has 2 aliphatic rings. The van der Waals surface area contributed by atoms with Crippen molar-refractivity contribution in [1.82, 2.24) is 30.4 Å². The number of hydrogen-bond acceptors (Lipinski definition) is 6. The van der Waals surface area contributed by atoms with Crippen LogP contribution in [0.1, 0.15) is 25.0 Å². The minimum Gasteiger partial charge on any atom is -0.368 e. The van der Waals surface area contributed by atoms with Gasteiger partial charge in [0.1, 0.15) is 18.1 Å². The molecule has 0 spiro atoms. The van der Waals surface area contributed by atoms with Crippen LogP contribution in [0.5, 0.6) is 0 Å². The second kappa shape index (κ2) is 8.29. The van der Waals surface area contributed by atoms with Gasteiger partial charge in [-0.1, -0.05) is 0 Å². The third-order valence-electron chi connectivity index (χ3n) is 5.13. The van der Waals surface area contributed by atoms with Crippen molar-refractivity contribution in [3.63, 3.8) is 0 Å². The summed E-state index contributed by atoms with van der Waals surface area (Å²) in [7, 11) is 1.31. The highest BCUT2D eigenvalue weighted by Gasteiger charge is 2.39. The first-order chi connectivity index (χ1) is 13.8. The Kier molecular flexibility index (Phi) is 5.80. The number of amides is 6. The van der Waals surface area contributed by atoms with Crippen molar-refractivity contribution in [2.45, 2.75) is 43.8 Å². The van der Waals surface area contributed by atoms with Gasteiger partial charge in [0.05, 0.1) is 12.7 Å². The molecule has 0 radical (unpaired) electrons. The first-order valence-electron chi connectivity index (χ1n) is 9.22. The minimum absolute atomic E-state index is 0.0983. The van der Waals surface area contributed by atoms with E-state index in [9.17, 15) is 24.0 Å². The second-order valence-electron chi connectivity index (χ2n) is 7.09. The largest absolute Gasteiger partial charge is 0.368 e. The summed E-state index contributed by atoms with van der Waals surface area (Å²) < 4.78 is 0. The van der Waals surface area contributed by atoms with Crippen LogP contribution in [0.15, 0.2) is 12.5 Å². The summed E-state index contributed by atoms with van der Waals surface area (Å²) >= 11 is 0. The quantitative estimate of drug-likeness (QED) is 0.420. The Morgan fingerprint density at radius 1 is 1.38 bits per heavy atom. The molecule has 12 heteroatoms. The van der Waals surface area contributed by atoms with Gasteiger partial charge in [-0.05, 0) is 12.8 Å². The number of likely N-dealkylation sites (tertiary alicyclic amines) is 1. The number of carbonyl (C=O) groups excluding carboxylic acids is 5. The summed E-state index contributed by atoms with van der Waals surface area (Å²) in [6, 6.07) is -3.53. The number of primary amides is 1. The van der Waals surface area contributed by atoms with Gasteiger partial charge in [0, 0.05) is 31.9 Å². The maximum absolute atomic E-state index is 13.1. The van der Waals surface area contributed by atoms with Crippen LogP contribution in [-0.4, -0.2) is 81.1 Å². The van der Waals surface area contributed by atoms with Gasteiger partial charge in [0.25, 0.3) is 0 Å². The van der Waals surface area contributed by atoms with Crippen LogP contribution in [0.3, 0.4) is 0 Å². The van der Waals surface area contributed by atoms with E-state index in [-0.39, 0.29) is 12.8 Å². The molecule has 1 aromatic rings. The normalized spacial score (nSPS) is 22.9. The molecule has 0 unspecified atom stereocenters. The van der Waals surface area contributed by atoms with Crippen molar-refractivity contribution >= 4 is 29.7 Å². The van der Waals surface area contributed by atoms with E-state index < -0.39 is 47.8 Å². The molecule has 156 valence electrons. The van der Waals surface area contributed by atoms with E-state index in [2.05, 4.69) is 20.6 Å².